The Labute approximate surface area is 103 Å². The molecule has 1 aliphatic rings. The number of anilines is 1. The standard InChI is InChI=1S/C10H14N4O2S/c1-2-6-3-8(16-14-6)9(15)12-4-7-5-17-10(11)13-7/h5,8H,2-4H2,1H3,(H2,11,13)(H,12,15)/t8-/m0/s1. The third kappa shape index (κ3) is 2.94. The highest BCUT2D eigenvalue weighted by atomic mass is 32.1. The van der Waals surface area contributed by atoms with Gasteiger partial charge in [-0.1, -0.05) is 12.1 Å². The van der Waals surface area contributed by atoms with Gasteiger partial charge in [-0.3, -0.25) is 4.79 Å². The van der Waals surface area contributed by atoms with Gasteiger partial charge in [-0.2, -0.15) is 0 Å². The summed E-state index contributed by atoms with van der Waals surface area (Å²) in [5.41, 5.74) is 7.17. The van der Waals surface area contributed by atoms with Crippen molar-refractivity contribution in [2.75, 3.05) is 5.73 Å². The van der Waals surface area contributed by atoms with Crippen molar-refractivity contribution < 1.29 is 9.63 Å². The van der Waals surface area contributed by atoms with Crippen molar-refractivity contribution >= 4 is 28.1 Å². The van der Waals surface area contributed by atoms with Crippen LogP contribution in [0.3, 0.4) is 0 Å². The van der Waals surface area contributed by atoms with Crippen LogP contribution in [0.15, 0.2) is 10.5 Å². The number of nitrogens with one attached hydrogen (secondary N) is 1. The van der Waals surface area contributed by atoms with E-state index in [1.165, 1.54) is 11.3 Å². The predicted molar refractivity (Wildman–Crippen MR) is 65.6 cm³/mol. The van der Waals surface area contributed by atoms with Gasteiger partial charge in [0.25, 0.3) is 5.91 Å². The zero-order valence-electron chi connectivity index (χ0n) is 9.47. The third-order valence-corrected chi connectivity index (χ3v) is 3.17. The summed E-state index contributed by atoms with van der Waals surface area (Å²) in [5.74, 6) is -0.163. The highest BCUT2D eigenvalue weighted by molar-refractivity contribution is 7.13. The summed E-state index contributed by atoms with van der Waals surface area (Å²) < 4.78 is 0. The number of carbonyl (C=O) groups excluding carboxylic acids is 1. The number of aromatic nitrogens is 1. The molecular weight excluding hydrogens is 240 g/mol. The second-order valence-electron chi connectivity index (χ2n) is 3.70. The van der Waals surface area contributed by atoms with Crippen LogP contribution in [0.4, 0.5) is 5.13 Å². The molecule has 1 atom stereocenters. The minimum atomic E-state index is -0.499. The average Bonchev–Trinajstić information content (AvgIpc) is 2.94. The molecule has 3 N–H and O–H groups in total. The molecule has 0 spiro atoms. The first-order chi connectivity index (χ1) is 8.19. The van der Waals surface area contributed by atoms with Gasteiger partial charge in [0.15, 0.2) is 5.13 Å². The van der Waals surface area contributed by atoms with Crippen molar-refractivity contribution in [1.82, 2.24) is 10.3 Å². The molecular formula is C10H14N4O2S. The lowest BCUT2D eigenvalue weighted by Crippen LogP contribution is -2.34. The molecule has 0 radical (unpaired) electrons. The first kappa shape index (κ1) is 11.8. The third-order valence-electron chi connectivity index (χ3n) is 2.44. The Morgan fingerprint density at radius 1 is 1.76 bits per heavy atom. The van der Waals surface area contributed by atoms with Gasteiger partial charge in [-0.05, 0) is 6.42 Å². The predicted octanol–water partition coefficient (Wildman–Crippen LogP) is 0.896. The molecule has 17 heavy (non-hydrogen) atoms. The molecule has 0 aliphatic carbocycles. The number of hydrogen-bond acceptors (Lipinski definition) is 6. The van der Waals surface area contributed by atoms with E-state index in [1.54, 1.807) is 0 Å². The van der Waals surface area contributed by atoms with Crippen molar-refractivity contribution in [2.24, 2.45) is 5.16 Å². The summed E-state index contributed by atoms with van der Waals surface area (Å²) in [7, 11) is 0. The molecule has 0 saturated carbocycles. The Morgan fingerprint density at radius 3 is 3.18 bits per heavy atom. The monoisotopic (exact) mass is 254 g/mol. The largest absolute Gasteiger partial charge is 0.382 e. The van der Waals surface area contributed by atoms with E-state index in [0.29, 0.717) is 18.1 Å². The van der Waals surface area contributed by atoms with E-state index in [-0.39, 0.29) is 5.91 Å². The van der Waals surface area contributed by atoms with Gasteiger partial charge in [0.1, 0.15) is 0 Å². The molecule has 1 aromatic rings. The van der Waals surface area contributed by atoms with E-state index in [9.17, 15) is 4.79 Å². The topological polar surface area (TPSA) is 89.6 Å². The Hall–Kier alpha value is -1.63. The van der Waals surface area contributed by atoms with Crippen LogP contribution in [-0.2, 0) is 16.2 Å². The first-order valence-corrected chi connectivity index (χ1v) is 6.26. The quantitative estimate of drug-likeness (QED) is 0.835. The minimum Gasteiger partial charge on any atom is -0.382 e. The van der Waals surface area contributed by atoms with Crippen LogP contribution in [0.25, 0.3) is 0 Å². The molecule has 92 valence electrons. The minimum absolute atomic E-state index is 0.163. The SMILES string of the molecule is CCC1=NO[C@H](C(=O)NCc2csc(N)n2)C1. The second kappa shape index (κ2) is 5.13. The highest BCUT2D eigenvalue weighted by Gasteiger charge is 2.26. The number of carbonyl (C=O) groups is 1. The number of rotatable bonds is 4. The molecule has 0 saturated heterocycles. The molecule has 1 aliphatic heterocycles. The lowest BCUT2D eigenvalue weighted by atomic mass is 10.1. The van der Waals surface area contributed by atoms with Crippen LogP contribution in [0.1, 0.15) is 25.5 Å². The number of nitrogens with zero attached hydrogens (tertiary/aromatic N) is 2. The summed E-state index contributed by atoms with van der Waals surface area (Å²) in [4.78, 5) is 20.8. The molecule has 0 fully saturated rings. The van der Waals surface area contributed by atoms with Gasteiger partial charge in [0, 0.05) is 11.8 Å². The zero-order valence-corrected chi connectivity index (χ0v) is 10.3. The fourth-order valence-corrected chi connectivity index (χ4v) is 2.03. The number of hydrogen-bond donors (Lipinski definition) is 2. The zero-order chi connectivity index (χ0) is 12.3. The number of nitrogens with two attached hydrogens (primary N) is 1. The molecule has 1 amide bonds. The van der Waals surface area contributed by atoms with Gasteiger partial charge < -0.3 is 15.9 Å². The smallest absolute Gasteiger partial charge is 0.264 e. The maximum absolute atomic E-state index is 11.7. The van der Waals surface area contributed by atoms with Crippen molar-refractivity contribution in [3.05, 3.63) is 11.1 Å². The molecule has 7 heteroatoms. The van der Waals surface area contributed by atoms with E-state index in [0.717, 1.165) is 17.8 Å². The van der Waals surface area contributed by atoms with Crippen LogP contribution in [0.2, 0.25) is 0 Å². The number of oxime groups is 1. The van der Waals surface area contributed by atoms with Crippen LogP contribution >= 0.6 is 11.3 Å². The Balaban J connectivity index is 1.79. The van der Waals surface area contributed by atoms with Gasteiger partial charge in [0.05, 0.1) is 18.0 Å². The van der Waals surface area contributed by atoms with Crippen molar-refractivity contribution in [3.8, 4) is 0 Å². The molecule has 0 aromatic carbocycles. The summed E-state index contributed by atoms with van der Waals surface area (Å²) in [5, 5.41) is 8.91. The fraction of sp³-hybridized carbons (Fsp3) is 0.500. The Kier molecular flexibility index (Phi) is 3.58. The van der Waals surface area contributed by atoms with Crippen LogP contribution < -0.4 is 11.1 Å². The number of amides is 1. The van der Waals surface area contributed by atoms with Gasteiger partial charge in [-0.25, -0.2) is 4.98 Å². The maximum atomic E-state index is 11.7. The van der Waals surface area contributed by atoms with Crippen LogP contribution in [0, 0.1) is 0 Å². The number of nitrogen functional groups attached to an aromatic ring is 1. The molecule has 1 aromatic heterocycles. The summed E-state index contributed by atoms with van der Waals surface area (Å²) in [6, 6.07) is 0. The summed E-state index contributed by atoms with van der Waals surface area (Å²) in [6.45, 7) is 2.36. The normalized spacial score (nSPS) is 18.6. The Morgan fingerprint density at radius 2 is 2.59 bits per heavy atom. The van der Waals surface area contributed by atoms with Gasteiger partial charge in [0.2, 0.25) is 6.10 Å². The molecule has 0 unspecified atom stereocenters. The lowest BCUT2D eigenvalue weighted by molar-refractivity contribution is -0.131. The first-order valence-electron chi connectivity index (χ1n) is 5.38. The molecule has 0 bridgehead atoms. The summed E-state index contributed by atoms with van der Waals surface area (Å²) in [6.07, 6.45) is 0.884. The van der Waals surface area contributed by atoms with Crippen molar-refractivity contribution in [2.45, 2.75) is 32.4 Å². The van der Waals surface area contributed by atoms with Gasteiger partial charge >= 0.3 is 0 Å². The Bertz CT molecular complexity index is 443. The molecule has 6 nitrogen and oxygen atoms in total. The molecule has 2 rings (SSSR count). The second-order valence-corrected chi connectivity index (χ2v) is 4.59. The fourth-order valence-electron chi connectivity index (χ4n) is 1.47. The van der Waals surface area contributed by atoms with E-state index < -0.39 is 6.10 Å². The van der Waals surface area contributed by atoms with Crippen LogP contribution in [0.5, 0.6) is 0 Å². The number of thiazole rings is 1. The lowest BCUT2D eigenvalue weighted by Gasteiger charge is -2.07. The van der Waals surface area contributed by atoms with E-state index >= 15 is 0 Å². The summed E-state index contributed by atoms with van der Waals surface area (Å²) >= 11 is 1.35. The molecule has 2 heterocycles. The highest BCUT2D eigenvalue weighted by Crippen LogP contribution is 2.14. The van der Waals surface area contributed by atoms with E-state index in [1.807, 2.05) is 12.3 Å². The van der Waals surface area contributed by atoms with Gasteiger partial charge in [-0.15, -0.1) is 11.3 Å². The van der Waals surface area contributed by atoms with Crippen molar-refractivity contribution in [3.63, 3.8) is 0 Å². The average molecular weight is 254 g/mol. The van der Waals surface area contributed by atoms with Crippen molar-refractivity contribution in [1.29, 1.82) is 0 Å². The van der Waals surface area contributed by atoms with Crippen LogP contribution in [-0.4, -0.2) is 22.7 Å². The van der Waals surface area contributed by atoms with E-state index in [4.69, 9.17) is 10.6 Å². The maximum Gasteiger partial charge on any atom is 0.264 e. The van der Waals surface area contributed by atoms with E-state index in [2.05, 4.69) is 15.5 Å².